The molecule has 3 aromatic rings. The molecule has 7 heteroatoms. The molecule has 0 aliphatic heterocycles. The van der Waals surface area contributed by atoms with Crippen LogP contribution in [0, 0.1) is 19.7 Å². The number of halogens is 1. The van der Waals surface area contributed by atoms with E-state index in [9.17, 15) is 17.6 Å². The lowest BCUT2D eigenvalue weighted by Crippen LogP contribution is -2.27. The Balaban J connectivity index is 1.83. The third-order valence-electron chi connectivity index (χ3n) is 4.58. The second-order valence-corrected chi connectivity index (χ2v) is 8.72. The Hall–Kier alpha value is -3.19. The average molecular weight is 412 g/mol. The summed E-state index contributed by atoms with van der Waals surface area (Å²) in [4.78, 5) is 12.6. The first-order valence-electron chi connectivity index (χ1n) is 8.91. The maximum atomic E-state index is 13.0. The number of aryl methyl sites for hydroxylation is 2. The fourth-order valence-corrected chi connectivity index (χ4v) is 4.14. The van der Waals surface area contributed by atoms with Gasteiger partial charge in [-0.1, -0.05) is 17.7 Å². The third-order valence-corrected chi connectivity index (χ3v) is 6.37. The normalized spacial score (nSPS) is 11.2. The van der Waals surface area contributed by atoms with Crippen molar-refractivity contribution >= 4 is 27.3 Å². The molecule has 0 aliphatic rings. The predicted octanol–water partition coefficient (Wildman–Crippen LogP) is 4.52. The first kappa shape index (κ1) is 20.5. The Morgan fingerprint density at radius 1 is 0.931 bits per heavy atom. The SMILES string of the molecule is Cc1ccc(S(=O)(=O)N(C)c2ccc(C(=O)Nc3ccc(F)cc3)cc2C)cc1. The lowest BCUT2D eigenvalue weighted by molar-refractivity contribution is 0.102. The molecule has 150 valence electrons. The number of hydrogen-bond acceptors (Lipinski definition) is 3. The number of amides is 1. The number of nitrogens with one attached hydrogen (secondary N) is 1. The summed E-state index contributed by atoms with van der Waals surface area (Å²) in [5.74, 6) is -0.753. The molecule has 3 rings (SSSR count). The fourth-order valence-electron chi connectivity index (χ4n) is 2.88. The molecule has 0 radical (unpaired) electrons. The highest BCUT2D eigenvalue weighted by atomic mass is 32.2. The Bertz CT molecular complexity index is 1140. The van der Waals surface area contributed by atoms with Gasteiger partial charge in [-0.15, -0.1) is 0 Å². The quantitative estimate of drug-likeness (QED) is 0.670. The van der Waals surface area contributed by atoms with E-state index in [4.69, 9.17) is 0 Å². The number of carbonyl (C=O) groups is 1. The number of rotatable bonds is 5. The van der Waals surface area contributed by atoms with Crippen LogP contribution in [0.15, 0.2) is 71.6 Å². The maximum absolute atomic E-state index is 13.0. The molecule has 0 aromatic heterocycles. The van der Waals surface area contributed by atoms with Crippen LogP contribution in [0.5, 0.6) is 0 Å². The van der Waals surface area contributed by atoms with Crippen molar-refractivity contribution < 1.29 is 17.6 Å². The molecule has 0 saturated carbocycles. The summed E-state index contributed by atoms with van der Waals surface area (Å²) in [6.45, 7) is 3.63. The minimum atomic E-state index is -3.72. The van der Waals surface area contributed by atoms with Gasteiger partial charge in [-0.3, -0.25) is 9.10 Å². The number of nitrogens with zero attached hydrogens (tertiary/aromatic N) is 1. The summed E-state index contributed by atoms with van der Waals surface area (Å²) in [7, 11) is -2.24. The van der Waals surface area contributed by atoms with E-state index in [1.54, 1.807) is 49.4 Å². The number of benzene rings is 3. The van der Waals surface area contributed by atoms with Gasteiger partial charge in [-0.05, 0) is 74.0 Å². The number of anilines is 2. The van der Waals surface area contributed by atoms with Crippen LogP contribution in [0.1, 0.15) is 21.5 Å². The Morgan fingerprint density at radius 2 is 1.55 bits per heavy atom. The van der Waals surface area contributed by atoms with Crippen LogP contribution >= 0.6 is 0 Å². The van der Waals surface area contributed by atoms with Gasteiger partial charge in [0.25, 0.3) is 15.9 Å². The molecule has 1 amide bonds. The van der Waals surface area contributed by atoms with E-state index in [0.717, 1.165) is 5.56 Å². The zero-order valence-corrected chi connectivity index (χ0v) is 17.1. The molecule has 1 N–H and O–H groups in total. The second kappa shape index (κ2) is 8.05. The van der Waals surface area contributed by atoms with E-state index in [1.165, 1.54) is 35.6 Å². The van der Waals surface area contributed by atoms with Crippen LogP contribution in [-0.4, -0.2) is 21.4 Å². The monoisotopic (exact) mass is 412 g/mol. The number of hydrogen-bond donors (Lipinski definition) is 1. The van der Waals surface area contributed by atoms with Gasteiger partial charge < -0.3 is 5.32 Å². The van der Waals surface area contributed by atoms with Crippen molar-refractivity contribution in [1.29, 1.82) is 0 Å². The van der Waals surface area contributed by atoms with E-state index in [-0.39, 0.29) is 16.6 Å². The molecular weight excluding hydrogens is 391 g/mol. The minimum absolute atomic E-state index is 0.197. The lowest BCUT2D eigenvalue weighted by Gasteiger charge is -2.22. The van der Waals surface area contributed by atoms with Crippen LogP contribution in [0.2, 0.25) is 0 Å². The van der Waals surface area contributed by atoms with Crippen LogP contribution < -0.4 is 9.62 Å². The number of carbonyl (C=O) groups excluding carboxylic acids is 1. The summed E-state index contributed by atoms with van der Waals surface area (Å²) < 4.78 is 40.0. The van der Waals surface area contributed by atoms with Gasteiger partial charge in [-0.2, -0.15) is 0 Å². The van der Waals surface area contributed by atoms with Crippen molar-refractivity contribution in [3.8, 4) is 0 Å². The van der Waals surface area contributed by atoms with E-state index in [2.05, 4.69) is 5.32 Å². The van der Waals surface area contributed by atoms with Crippen LogP contribution in [0.4, 0.5) is 15.8 Å². The minimum Gasteiger partial charge on any atom is -0.322 e. The zero-order chi connectivity index (χ0) is 21.2. The van der Waals surface area contributed by atoms with E-state index < -0.39 is 10.0 Å². The van der Waals surface area contributed by atoms with Gasteiger partial charge in [0, 0.05) is 18.3 Å². The van der Waals surface area contributed by atoms with Gasteiger partial charge in [-0.25, -0.2) is 12.8 Å². The maximum Gasteiger partial charge on any atom is 0.264 e. The highest BCUT2D eigenvalue weighted by Crippen LogP contribution is 2.26. The summed E-state index contributed by atoms with van der Waals surface area (Å²) >= 11 is 0. The molecule has 0 aliphatic carbocycles. The zero-order valence-electron chi connectivity index (χ0n) is 16.3. The molecule has 0 atom stereocenters. The molecule has 0 saturated heterocycles. The highest BCUT2D eigenvalue weighted by molar-refractivity contribution is 7.92. The first-order chi connectivity index (χ1) is 13.7. The molecule has 29 heavy (non-hydrogen) atoms. The van der Waals surface area contributed by atoms with Crippen molar-refractivity contribution in [1.82, 2.24) is 0 Å². The standard InChI is InChI=1S/C22H21FN2O3S/c1-15-4-11-20(12-5-15)29(27,28)25(3)21-13-6-17(14-16(21)2)22(26)24-19-9-7-18(23)8-10-19/h4-14H,1-3H3,(H,24,26). The molecule has 0 fully saturated rings. The predicted molar refractivity (Wildman–Crippen MR) is 112 cm³/mol. The van der Waals surface area contributed by atoms with E-state index >= 15 is 0 Å². The van der Waals surface area contributed by atoms with Crippen molar-refractivity contribution in [2.24, 2.45) is 0 Å². The van der Waals surface area contributed by atoms with Crippen LogP contribution in [-0.2, 0) is 10.0 Å². The number of sulfonamides is 1. The molecule has 5 nitrogen and oxygen atoms in total. The van der Waals surface area contributed by atoms with Crippen LogP contribution in [0.25, 0.3) is 0 Å². The molecule has 0 bridgehead atoms. The third kappa shape index (κ3) is 4.46. The van der Waals surface area contributed by atoms with Crippen molar-refractivity contribution in [2.45, 2.75) is 18.7 Å². The van der Waals surface area contributed by atoms with E-state index in [0.29, 0.717) is 22.5 Å². The van der Waals surface area contributed by atoms with Crippen LogP contribution in [0.3, 0.4) is 0 Å². The van der Waals surface area contributed by atoms with Gasteiger partial charge in [0.1, 0.15) is 5.82 Å². The largest absolute Gasteiger partial charge is 0.322 e. The molecule has 3 aromatic carbocycles. The Morgan fingerprint density at radius 3 is 2.14 bits per heavy atom. The van der Waals surface area contributed by atoms with Crippen molar-refractivity contribution in [3.05, 3.63) is 89.2 Å². The summed E-state index contributed by atoms with van der Waals surface area (Å²) in [5.41, 5.74) is 2.92. The molecular formula is C22H21FN2O3S. The lowest BCUT2D eigenvalue weighted by atomic mass is 10.1. The van der Waals surface area contributed by atoms with E-state index in [1.807, 2.05) is 6.92 Å². The Kier molecular flexibility index (Phi) is 5.70. The Labute approximate surface area is 169 Å². The molecule has 0 spiro atoms. The van der Waals surface area contributed by atoms with Gasteiger partial charge in [0.05, 0.1) is 10.6 Å². The van der Waals surface area contributed by atoms with Gasteiger partial charge in [0.2, 0.25) is 0 Å². The summed E-state index contributed by atoms with van der Waals surface area (Å²) in [6.07, 6.45) is 0. The molecule has 0 heterocycles. The summed E-state index contributed by atoms with van der Waals surface area (Å²) in [6, 6.07) is 16.9. The van der Waals surface area contributed by atoms with Crippen molar-refractivity contribution in [2.75, 3.05) is 16.7 Å². The fraction of sp³-hybridized carbons (Fsp3) is 0.136. The smallest absolute Gasteiger partial charge is 0.264 e. The topological polar surface area (TPSA) is 66.5 Å². The highest BCUT2D eigenvalue weighted by Gasteiger charge is 2.23. The average Bonchev–Trinajstić information content (AvgIpc) is 2.69. The molecule has 0 unspecified atom stereocenters. The second-order valence-electron chi connectivity index (χ2n) is 6.75. The van der Waals surface area contributed by atoms with Gasteiger partial charge >= 0.3 is 0 Å². The first-order valence-corrected chi connectivity index (χ1v) is 10.4. The van der Waals surface area contributed by atoms with Crippen molar-refractivity contribution in [3.63, 3.8) is 0 Å². The summed E-state index contributed by atoms with van der Waals surface area (Å²) in [5, 5.41) is 2.69. The van der Waals surface area contributed by atoms with Gasteiger partial charge in [0.15, 0.2) is 0 Å².